The van der Waals surface area contributed by atoms with Crippen molar-refractivity contribution in [2.24, 2.45) is 5.10 Å². The van der Waals surface area contributed by atoms with Gasteiger partial charge >= 0.3 is 0 Å². The number of aromatic nitrogens is 3. The lowest BCUT2D eigenvalue weighted by molar-refractivity contribution is -0.121. The molecule has 2 aromatic heterocycles. The molecule has 1 amide bonds. The molecule has 0 spiro atoms. The first-order valence-corrected chi connectivity index (χ1v) is 11.1. The zero-order valence-corrected chi connectivity index (χ0v) is 18.7. The molecule has 0 atom stereocenters. The van der Waals surface area contributed by atoms with Gasteiger partial charge in [0.2, 0.25) is 0 Å². The van der Waals surface area contributed by atoms with E-state index in [0.717, 1.165) is 33.1 Å². The van der Waals surface area contributed by atoms with E-state index in [1.807, 2.05) is 90.4 Å². The van der Waals surface area contributed by atoms with Gasteiger partial charge < -0.3 is 9.30 Å². The maximum atomic E-state index is 12.9. The van der Waals surface area contributed by atoms with Crippen LogP contribution in [0, 0.1) is 0 Å². The molecule has 0 bridgehead atoms. The zero-order chi connectivity index (χ0) is 23.3. The van der Waals surface area contributed by atoms with Crippen molar-refractivity contribution in [2.45, 2.75) is 13.5 Å². The van der Waals surface area contributed by atoms with Crippen molar-refractivity contribution < 1.29 is 9.53 Å². The normalized spacial score (nSPS) is 11.3. The smallest absolute Gasteiger partial charge is 0.260 e. The monoisotopic (exact) mass is 449 g/mol. The SMILES string of the molecule is CCOc1ccc2ccccc2c1/C=N/NC(=O)Cn1c(-c2ccccn2)nc2ccccc21. The third kappa shape index (κ3) is 4.23. The van der Waals surface area contributed by atoms with Gasteiger partial charge in [-0.25, -0.2) is 10.4 Å². The topological polar surface area (TPSA) is 81.4 Å². The minimum atomic E-state index is -0.269. The number of rotatable bonds is 7. The number of hydrogen-bond donors (Lipinski definition) is 1. The summed E-state index contributed by atoms with van der Waals surface area (Å²) in [5.41, 5.74) is 5.83. The molecule has 0 aliphatic rings. The Bertz CT molecular complexity index is 1490. The van der Waals surface area contributed by atoms with Crippen LogP contribution in [0.1, 0.15) is 12.5 Å². The quantitative estimate of drug-likeness (QED) is 0.286. The van der Waals surface area contributed by atoms with E-state index >= 15 is 0 Å². The van der Waals surface area contributed by atoms with Crippen molar-refractivity contribution >= 4 is 33.9 Å². The van der Waals surface area contributed by atoms with Crippen LogP contribution in [0.3, 0.4) is 0 Å². The molecular formula is C27H23N5O2. The molecule has 0 saturated carbocycles. The number of nitrogens with one attached hydrogen (secondary N) is 1. The molecule has 168 valence electrons. The number of para-hydroxylation sites is 2. The second-order valence-electron chi connectivity index (χ2n) is 7.65. The van der Waals surface area contributed by atoms with Gasteiger partial charge in [0.05, 0.1) is 23.9 Å². The molecule has 34 heavy (non-hydrogen) atoms. The predicted octanol–water partition coefficient (Wildman–Crippen LogP) is 4.80. The lowest BCUT2D eigenvalue weighted by Gasteiger charge is -2.10. The highest BCUT2D eigenvalue weighted by Gasteiger charge is 2.15. The predicted molar refractivity (Wildman–Crippen MR) is 134 cm³/mol. The Balaban J connectivity index is 1.42. The van der Waals surface area contributed by atoms with Gasteiger partial charge in [0.15, 0.2) is 5.82 Å². The summed E-state index contributed by atoms with van der Waals surface area (Å²) in [6.07, 6.45) is 3.35. The minimum absolute atomic E-state index is 0.0532. The van der Waals surface area contributed by atoms with E-state index in [1.54, 1.807) is 12.4 Å². The molecule has 0 radical (unpaired) electrons. The molecule has 5 aromatic rings. The summed E-state index contributed by atoms with van der Waals surface area (Å²) in [6, 6.07) is 25.3. The van der Waals surface area contributed by atoms with Crippen molar-refractivity contribution in [1.29, 1.82) is 0 Å². The lowest BCUT2D eigenvalue weighted by Crippen LogP contribution is -2.23. The number of fused-ring (bicyclic) bond motifs is 2. The van der Waals surface area contributed by atoms with E-state index in [1.165, 1.54) is 0 Å². The van der Waals surface area contributed by atoms with Gasteiger partial charge in [-0.2, -0.15) is 5.10 Å². The van der Waals surface area contributed by atoms with Gasteiger partial charge in [-0.1, -0.05) is 48.5 Å². The minimum Gasteiger partial charge on any atom is -0.493 e. The fourth-order valence-corrected chi connectivity index (χ4v) is 3.96. The Hall–Kier alpha value is -4.52. The Morgan fingerprint density at radius 1 is 1.03 bits per heavy atom. The van der Waals surface area contributed by atoms with Gasteiger partial charge in [-0.05, 0) is 48.0 Å². The number of pyridine rings is 1. The van der Waals surface area contributed by atoms with E-state index in [9.17, 15) is 4.79 Å². The third-order valence-corrected chi connectivity index (χ3v) is 5.46. The third-order valence-electron chi connectivity index (χ3n) is 5.46. The average Bonchev–Trinajstić information content (AvgIpc) is 3.24. The second-order valence-corrected chi connectivity index (χ2v) is 7.65. The average molecular weight is 450 g/mol. The number of nitrogens with zero attached hydrogens (tertiary/aromatic N) is 4. The van der Waals surface area contributed by atoms with Crippen LogP contribution in [0.5, 0.6) is 5.75 Å². The highest BCUT2D eigenvalue weighted by molar-refractivity contribution is 6.02. The molecular weight excluding hydrogens is 426 g/mol. The van der Waals surface area contributed by atoms with Crippen LogP contribution < -0.4 is 10.2 Å². The van der Waals surface area contributed by atoms with E-state index in [4.69, 9.17) is 9.72 Å². The summed E-state index contributed by atoms with van der Waals surface area (Å²) in [5.74, 6) is 1.08. The maximum absolute atomic E-state index is 12.9. The van der Waals surface area contributed by atoms with Crippen molar-refractivity contribution in [1.82, 2.24) is 20.0 Å². The van der Waals surface area contributed by atoms with Crippen molar-refractivity contribution in [3.8, 4) is 17.3 Å². The van der Waals surface area contributed by atoms with Gasteiger partial charge in [0, 0.05) is 11.8 Å². The highest BCUT2D eigenvalue weighted by atomic mass is 16.5. The van der Waals surface area contributed by atoms with Crippen molar-refractivity contribution in [3.63, 3.8) is 0 Å². The molecule has 0 fully saturated rings. The van der Waals surface area contributed by atoms with Crippen LogP contribution in [0.2, 0.25) is 0 Å². The Morgan fingerprint density at radius 2 is 1.85 bits per heavy atom. The standard InChI is InChI=1S/C27H23N5O2/c1-2-34-25-15-14-19-9-3-4-10-20(19)21(25)17-29-31-26(33)18-32-24-13-6-5-11-22(24)30-27(32)23-12-7-8-16-28-23/h3-17H,2,18H2,1H3,(H,31,33)/b29-17+. The van der Waals surface area contributed by atoms with E-state index < -0.39 is 0 Å². The second kappa shape index (κ2) is 9.54. The number of amides is 1. The number of carbonyl (C=O) groups excluding carboxylic acids is 1. The summed E-state index contributed by atoms with van der Waals surface area (Å²) in [5, 5.41) is 6.32. The molecule has 3 aromatic carbocycles. The Kier molecular flexibility index (Phi) is 5.99. The number of hydrazone groups is 1. The molecule has 0 aliphatic carbocycles. The van der Waals surface area contributed by atoms with Crippen LogP contribution in [-0.2, 0) is 11.3 Å². The summed E-state index contributed by atoms with van der Waals surface area (Å²) >= 11 is 0. The number of imidazole rings is 1. The summed E-state index contributed by atoms with van der Waals surface area (Å²) in [6.45, 7) is 2.53. The zero-order valence-electron chi connectivity index (χ0n) is 18.7. The van der Waals surface area contributed by atoms with Crippen LogP contribution >= 0.6 is 0 Å². The molecule has 1 N–H and O–H groups in total. The molecule has 5 rings (SSSR count). The largest absolute Gasteiger partial charge is 0.493 e. The lowest BCUT2D eigenvalue weighted by atomic mass is 10.0. The molecule has 0 saturated heterocycles. The van der Waals surface area contributed by atoms with Crippen LogP contribution in [0.4, 0.5) is 0 Å². The highest BCUT2D eigenvalue weighted by Crippen LogP contribution is 2.27. The van der Waals surface area contributed by atoms with Crippen molar-refractivity contribution in [3.05, 3.63) is 90.6 Å². The van der Waals surface area contributed by atoms with Crippen molar-refractivity contribution in [2.75, 3.05) is 6.61 Å². The first kappa shape index (κ1) is 21.3. The molecule has 7 nitrogen and oxygen atoms in total. The first-order chi connectivity index (χ1) is 16.7. The van der Waals surface area contributed by atoms with E-state index in [0.29, 0.717) is 18.1 Å². The molecule has 7 heteroatoms. The summed E-state index contributed by atoms with van der Waals surface area (Å²) < 4.78 is 7.63. The molecule has 0 unspecified atom stereocenters. The fourth-order valence-electron chi connectivity index (χ4n) is 3.96. The maximum Gasteiger partial charge on any atom is 0.260 e. The number of benzene rings is 3. The Morgan fingerprint density at radius 3 is 2.71 bits per heavy atom. The summed E-state index contributed by atoms with van der Waals surface area (Å²) in [7, 11) is 0. The summed E-state index contributed by atoms with van der Waals surface area (Å²) in [4.78, 5) is 22.0. The van der Waals surface area contributed by atoms with Crippen LogP contribution in [0.25, 0.3) is 33.3 Å². The molecule has 2 heterocycles. The Labute approximate surface area is 196 Å². The van der Waals surface area contributed by atoms with Crippen LogP contribution in [0.15, 0.2) is 90.2 Å². The van der Waals surface area contributed by atoms with Gasteiger partial charge in [0.25, 0.3) is 5.91 Å². The van der Waals surface area contributed by atoms with E-state index in [2.05, 4.69) is 15.5 Å². The van der Waals surface area contributed by atoms with Crippen LogP contribution in [-0.4, -0.2) is 33.3 Å². The fraction of sp³-hybridized carbons (Fsp3) is 0.111. The van der Waals surface area contributed by atoms with E-state index in [-0.39, 0.29) is 12.5 Å². The number of carbonyl (C=O) groups is 1. The van der Waals surface area contributed by atoms with Gasteiger partial charge in [0.1, 0.15) is 18.0 Å². The first-order valence-electron chi connectivity index (χ1n) is 11.1. The molecule has 0 aliphatic heterocycles. The number of ether oxygens (including phenoxy) is 1. The van der Waals surface area contributed by atoms with Gasteiger partial charge in [-0.3, -0.25) is 9.78 Å². The number of hydrogen-bond acceptors (Lipinski definition) is 5. The van der Waals surface area contributed by atoms with Gasteiger partial charge in [-0.15, -0.1) is 0 Å².